The maximum absolute atomic E-state index is 14.6. The van der Waals surface area contributed by atoms with Crippen LogP contribution in [0.3, 0.4) is 0 Å². The predicted molar refractivity (Wildman–Crippen MR) is 121 cm³/mol. The number of halogens is 2. The van der Waals surface area contributed by atoms with Crippen LogP contribution in [-0.4, -0.2) is 68.5 Å². The molecule has 192 valence electrons. The molecule has 36 heavy (non-hydrogen) atoms. The van der Waals surface area contributed by atoms with Gasteiger partial charge in [0.15, 0.2) is 11.6 Å². The third kappa shape index (κ3) is 4.75. The average molecular weight is 504 g/mol. The lowest BCUT2D eigenvalue weighted by Gasteiger charge is -2.43. The van der Waals surface area contributed by atoms with Crippen molar-refractivity contribution in [3.05, 3.63) is 53.0 Å². The molecule has 1 fully saturated rings. The van der Waals surface area contributed by atoms with Crippen LogP contribution in [-0.2, 0) is 21.3 Å². The van der Waals surface area contributed by atoms with Gasteiger partial charge in [0, 0.05) is 30.6 Å². The Bertz CT molecular complexity index is 1260. The number of hydrogen-bond acceptors (Lipinski definition) is 9. The number of nitriles is 1. The van der Waals surface area contributed by atoms with Crippen LogP contribution in [0, 0.1) is 23.0 Å². The summed E-state index contributed by atoms with van der Waals surface area (Å²) in [5.41, 5.74) is -0.0975. The molecule has 1 aliphatic heterocycles. The molecule has 0 unspecified atom stereocenters. The maximum Gasteiger partial charge on any atom is 0.177 e. The minimum Gasteiger partial charge on any atom is -0.394 e. The number of benzene rings is 1. The zero-order chi connectivity index (χ0) is 26.2. The molecule has 3 heterocycles. The summed E-state index contributed by atoms with van der Waals surface area (Å²) in [6.45, 7) is 5.53. The summed E-state index contributed by atoms with van der Waals surface area (Å²) in [6, 6.07) is 4.89. The number of aromatic nitrogens is 4. The SMILES string of the molecule is CO[C@@H]1[C@@H](n2cc(-c3ccc(C#N)c(F)c3F)nn2)[C@@H](O)[C@@H](CO)O[C@@H]1Cc1cc(C(C)(C)C)no1. The summed E-state index contributed by atoms with van der Waals surface area (Å²) < 4.78 is 47.1. The average Bonchev–Trinajstić information content (AvgIpc) is 3.51. The quantitative estimate of drug-likeness (QED) is 0.519. The number of aliphatic hydroxyl groups is 2. The van der Waals surface area contributed by atoms with Gasteiger partial charge < -0.3 is 24.2 Å². The Labute approximate surface area is 206 Å². The van der Waals surface area contributed by atoms with Crippen LogP contribution in [0.25, 0.3) is 11.3 Å². The van der Waals surface area contributed by atoms with Gasteiger partial charge in [0.25, 0.3) is 0 Å². The second-order valence-corrected chi connectivity index (χ2v) is 9.69. The van der Waals surface area contributed by atoms with Gasteiger partial charge in [0.2, 0.25) is 0 Å². The van der Waals surface area contributed by atoms with Crippen molar-refractivity contribution in [3.63, 3.8) is 0 Å². The van der Waals surface area contributed by atoms with Crippen LogP contribution in [0.1, 0.15) is 43.8 Å². The van der Waals surface area contributed by atoms with Crippen molar-refractivity contribution in [1.82, 2.24) is 20.2 Å². The van der Waals surface area contributed by atoms with Crippen LogP contribution in [0.4, 0.5) is 8.78 Å². The Morgan fingerprint density at radius 2 is 1.97 bits per heavy atom. The van der Waals surface area contributed by atoms with Crippen molar-refractivity contribution in [3.8, 4) is 17.3 Å². The van der Waals surface area contributed by atoms with E-state index in [0.717, 1.165) is 11.8 Å². The van der Waals surface area contributed by atoms with Crippen molar-refractivity contribution in [2.45, 2.75) is 63.1 Å². The van der Waals surface area contributed by atoms with E-state index < -0.39 is 54.3 Å². The van der Waals surface area contributed by atoms with E-state index in [4.69, 9.17) is 19.3 Å². The summed E-state index contributed by atoms with van der Waals surface area (Å²) in [6.07, 6.45) is -2.10. The van der Waals surface area contributed by atoms with E-state index in [0.29, 0.717) is 5.76 Å². The smallest absolute Gasteiger partial charge is 0.177 e. The first kappa shape index (κ1) is 25.8. The predicted octanol–water partition coefficient (Wildman–Crippen LogP) is 2.30. The summed E-state index contributed by atoms with van der Waals surface area (Å²) in [4.78, 5) is 0. The molecule has 0 saturated carbocycles. The fraction of sp³-hybridized carbons (Fsp3) is 0.500. The molecule has 0 aliphatic carbocycles. The lowest BCUT2D eigenvalue weighted by Crippen LogP contribution is -2.57. The highest BCUT2D eigenvalue weighted by Crippen LogP contribution is 2.35. The zero-order valence-corrected chi connectivity index (χ0v) is 20.2. The molecule has 12 heteroatoms. The molecular weight excluding hydrogens is 476 g/mol. The number of methoxy groups -OCH3 is 1. The van der Waals surface area contributed by atoms with Gasteiger partial charge in [-0.05, 0) is 12.1 Å². The lowest BCUT2D eigenvalue weighted by molar-refractivity contribution is -0.212. The van der Waals surface area contributed by atoms with E-state index >= 15 is 0 Å². The Kier molecular flexibility index (Phi) is 7.19. The van der Waals surface area contributed by atoms with Gasteiger partial charge in [-0.25, -0.2) is 13.5 Å². The Hall–Kier alpha value is -3.24. The van der Waals surface area contributed by atoms with Gasteiger partial charge in [0.1, 0.15) is 41.9 Å². The van der Waals surface area contributed by atoms with E-state index in [2.05, 4.69) is 15.5 Å². The first-order valence-electron chi connectivity index (χ1n) is 11.3. The van der Waals surface area contributed by atoms with Gasteiger partial charge in [-0.15, -0.1) is 5.10 Å². The molecule has 0 spiro atoms. The fourth-order valence-electron chi connectivity index (χ4n) is 4.27. The standard InChI is InChI=1S/C24H27F2N5O5/c1-24(2,3)18-8-13(36-29-18)7-16-23(34-4)21(22(33)17(11-32)35-16)31-10-15(28-30-31)14-6-5-12(9-27)19(25)20(14)26/h5-6,8,10,16-17,21-23,32-33H,7,11H2,1-4H3/t16-,17-,21+,22+,23+/m1/s1. The van der Waals surface area contributed by atoms with E-state index in [9.17, 15) is 19.0 Å². The first-order valence-corrected chi connectivity index (χ1v) is 11.3. The van der Waals surface area contributed by atoms with Crippen LogP contribution in [0.5, 0.6) is 0 Å². The van der Waals surface area contributed by atoms with Crippen LogP contribution >= 0.6 is 0 Å². The molecule has 0 amide bonds. The van der Waals surface area contributed by atoms with Gasteiger partial charge in [-0.2, -0.15) is 5.26 Å². The molecule has 4 rings (SSSR count). The third-order valence-electron chi connectivity index (χ3n) is 6.26. The summed E-state index contributed by atoms with van der Waals surface area (Å²) in [5, 5.41) is 41.8. The Balaban J connectivity index is 1.66. The molecule has 1 saturated heterocycles. The molecule has 1 aliphatic rings. The number of hydrogen-bond donors (Lipinski definition) is 2. The third-order valence-corrected chi connectivity index (χ3v) is 6.26. The van der Waals surface area contributed by atoms with Gasteiger partial charge >= 0.3 is 0 Å². The minimum atomic E-state index is -1.28. The van der Waals surface area contributed by atoms with Crippen LogP contribution in [0.2, 0.25) is 0 Å². The number of rotatable bonds is 6. The molecule has 2 N–H and O–H groups in total. The second-order valence-electron chi connectivity index (χ2n) is 9.69. The normalized spacial score (nSPS) is 24.6. The monoisotopic (exact) mass is 503 g/mol. The van der Waals surface area contributed by atoms with E-state index in [-0.39, 0.29) is 23.1 Å². The van der Waals surface area contributed by atoms with Gasteiger partial charge in [-0.3, -0.25) is 0 Å². The first-order chi connectivity index (χ1) is 17.1. The number of ether oxygens (including phenoxy) is 2. The van der Waals surface area contributed by atoms with Crippen molar-refractivity contribution in [2.24, 2.45) is 0 Å². The van der Waals surface area contributed by atoms with Crippen LogP contribution in [0.15, 0.2) is 28.9 Å². The molecule has 10 nitrogen and oxygen atoms in total. The highest BCUT2D eigenvalue weighted by Gasteiger charge is 2.47. The number of nitrogens with zero attached hydrogens (tertiary/aromatic N) is 5. The topological polar surface area (TPSA) is 139 Å². The Morgan fingerprint density at radius 3 is 2.58 bits per heavy atom. The van der Waals surface area contributed by atoms with Crippen molar-refractivity contribution in [1.29, 1.82) is 5.26 Å². The molecule has 0 bridgehead atoms. The second kappa shape index (κ2) is 10.0. The molecule has 1 aromatic carbocycles. The molecule has 3 aromatic rings. The zero-order valence-electron chi connectivity index (χ0n) is 20.2. The summed E-state index contributed by atoms with van der Waals surface area (Å²) in [7, 11) is 1.44. The summed E-state index contributed by atoms with van der Waals surface area (Å²) >= 11 is 0. The molecular formula is C24H27F2N5O5. The van der Waals surface area contributed by atoms with E-state index in [1.165, 1.54) is 24.1 Å². The van der Waals surface area contributed by atoms with E-state index in [1.807, 2.05) is 26.8 Å². The molecule has 0 radical (unpaired) electrons. The van der Waals surface area contributed by atoms with Crippen LogP contribution < -0.4 is 0 Å². The minimum absolute atomic E-state index is 0.00779. The van der Waals surface area contributed by atoms with Gasteiger partial charge in [0.05, 0.1) is 30.2 Å². The lowest BCUT2D eigenvalue weighted by atomic mass is 9.89. The number of aliphatic hydroxyl groups excluding tert-OH is 2. The summed E-state index contributed by atoms with van der Waals surface area (Å²) in [5.74, 6) is -1.98. The van der Waals surface area contributed by atoms with Crippen molar-refractivity contribution in [2.75, 3.05) is 13.7 Å². The van der Waals surface area contributed by atoms with E-state index in [1.54, 1.807) is 6.07 Å². The largest absolute Gasteiger partial charge is 0.394 e. The Morgan fingerprint density at radius 1 is 1.22 bits per heavy atom. The maximum atomic E-state index is 14.6. The fourth-order valence-corrected chi connectivity index (χ4v) is 4.27. The van der Waals surface area contributed by atoms with Gasteiger partial charge in [-0.1, -0.05) is 31.1 Å². The molecule has 5 atom stereocenters. The van der Waals surface area contributed by atoms with Crippen molar-refractivity contribution < 1.29 is 33.0 Å². The highest BCUT2D eigenvalue weighted by atomic mass is 19.2. The molecule has 2 aromatic heterocycles. The highest BCUT2D eigenvalue weighted by molar-refractivity contribution is 5.60. The van der Waals surface area contributed by atoms with Crippen molar-refractivity contribution >= 4 is 0 Å².